The number of likely N-dealkylation sites (N-methyl/N-ethyl adjacent to an activating group) is 1. The second-order valence-electron chi connectivity index (χ2n) is 4.64. The molecule has 0 atom stereocenters. The molecule has 0 aliphatic heterocycles. The molecule has 0 saturated carbocycles. The van der Waals surface area contributed by atoms with E-state index in [0.29, 0.717) is 6.54 Å². The maximum atomic E-state index is 12.0. The zero-order chi connectivity index (χ0) is 12.2. The van der Waals surface area contributed by atoms with Crippen LogP contribution >= 0.6 is 23.7 Å². The molecule has 0 fully saturated rings. The Labute approximate surface area is 113 Å². The van der Waals surface area contributed by atoms with E-state index in [1.807, 2.05) is 27.0 Å². The number of rotatable bonds is 5. The van der Waals surface area contributed by atoms with Crippen LogP contribution in [-0.4, -0.2) is 30.9 Å². The van der Waals surface area contributed by atoms with E-state index in [1.165, 1.54) is 4.88 Å². The summed E-state index contributed by atoms with van der Waals surface area (Å²) in [6.07, 6.45) is 0.917. The fraction of sp³-hybridized carbons (Fsp3) is 0.583. The molecule has 1 rings (SSSR count). The summed E-state index contributed by atoms with van der Waals surface area (Å²) in [6, 6.07) is 4.13. The minimum Gasteiger partial charge on any atom is -0.345 e. The predicted molar refractivity (Wildman–Crippen MR) is 75.7 cm³/mol. The number of amides is 1. The number of hydrogen-bond acceptors (Lipinski definition) is 3. The molecule has 3 nitrogen and oxygen atoms in total. The molecule has 5 heteroatoms. The SMILES string of the molecule is CN(CCc1cccs1)C(=O)C(C)(C)CN.Cl. The number of nitrogens with two attached hydrogens (primary N) is 1. The number of hydrogen-bond donors (Lipinski definition) is 1. The van der Waals surface area contributed by atoms with Gasteiger partial charge in [-0.3, -0.25) is 4.79 Å². The molecule has 0 unspecified atom stereocenters. The number of halogens is 1. The zero-order valence-corrected chi connectivity index (χ0v) is 12.2. The lowest BCUT2D eigenvalue weighted by Crippen LogP contribution is -2.43. The Morgan fingerprint density at radius 1 is 1.53 bits per heavy atom. The maximum absolute atomic E-state index is 12.0. The molecule has 0 aliphatic rings. The molecular weight excluding hydrogens is 256 g/mol. The average Bonchev–Trinajstić information content (AvgIpc) is 2.77. The van der Waals surface area contributed by atoms with Gasteiger partial charge < -0.3 is 10.6 Å². The highest BCUT2D eigenvalue weighted by molar-refractivity contribution is 7.09. The molecular formula is C12H21ClN2OS. The van der Waals surface area contributed by atoms with E-state index < -0.39 is 5.41 Å². The Kier molecular flexibility index (Phi) is 6.75. The topological polar surface area (TPSA) is 46.3 Å². The van der Waals surface area contributed by atoms with Crippen LogP contribution in [0.4, 0.5) is 0 Å². The normalized spacial score (nSPS) is 10.8. The molecule has 0 aliphatic carbocycles. The fourth-order valence-electron chi connectivity index (χ4n) is 1.44. The Hall–Kier alpha value is -0.580. The van der Waals surface area contributed by atoms with Crippen molar-refractivity contribution >= 4 is 29.7 Å². The van der Waals surface area contributed by atoms with Crippen LogP contribution in [-0.2, 0) is 11.2 Å². The summed E-state index contributed by atoms with van der Waals surface area (Å²) in [6.45, 7) is 4.91. The van der Waals surface area contributed by atoms with Crippen molar-refractivity contribution in [1.29, 1.82) is 0 Å². The first-order chi connectivity index (χ1) is 7.47. The summed E-state index contributed by atoms with van der Waals surface area (Å²) in [4.78, 5) is 15.1. The largest absolute Gasteiger partial charge is 0.345 e. The Bertz CT molecular complexity index is 338. The van der Waals surface area contributed by atoms with E-state index >= 15 is 0 Å². The number of carbonyl (C=O) groups excluding carboxylic acids is 1. The summed E-state index contributed by atoms with van der Waals surface area (Å²) in [7, 11) is 1.84. The molecule has 0 spiro atoms. The second kappa shape index (κ2) is 6.99. The number of carbonyl (C=O) groups is 1. The average molecular weight is 277 g/mol. The molecule has 1 aromatic heterocycles. The van der Waals surface area contributed by atoms with Gasteiger partial charge in [0.15, 0.2) is 0 Å². The molecule has 1 heterocycles. The lowest BCUT2D eigenvalue weighted by molar-refractivity contribution is -0.138. The van der Waals surface area contributed by atoms with Gasteiger partial charge in [-0.1, -0.05) is 6.07 Å². The van der Waals surface area contributed by atoms with Gasteiger partial charge in [0.05, 0.1) is 5.41 Å². The number of thiophene rings is 1. The van der Waals surface area contributed by atoms with Gasteiger partial charge in [-0.2, -0.15) is 0 Å². The van der Waals surface area contributed by atoms with E-state index in [0.717, 1.165) is 13.0 Å². The molecule has 0 aromatic carbocycles. The van der Waals surface area contributed by atoms with E-state index in [4.69, 9.17) is 5.73 Å². The number of nitrogens with zero attached hydrogens (tertiary/aromatic N) is 1. The molecule has 0 bridgehead atoms. The first-order valence-electron chi connectivity index (χ1n) is 5.45. The van der Waals surface area contributed by atoms with Crippen LogP contribution in [0, 0.1) is 5.41 Å². The van der Waals surface area contributed by atoms with Crippen molar-refractivity contribution in [3.63, 3.8) is 0 Å². The predicted octanol–water partition coefficient (Wildman–Crippen LogP) is 2.16. The van der Waals surface area contributed by atoms with E-state index in [-0.39, 0.29) is 18.3 Å². The van der Waals surface area contributed by atoms with Gasteiger partial charge in [-0.05, 0) is 31.7 Å². The summed E-state index contributed by atoms with van der Waals surface area (Å²) >= 11 is 1.73. The summed E-state index contributed by atoms with van der Waals surface area (Å²) in [5, 5.41) is 2.06. The van der Waals surface area contributed by atoms with Gasteiger partial charge in [0, 0.05) is 25.0 Å². The van der Waals surface area contributed by atoms with Crippen LogP contribution in [0.15, 0.2) is 17.5 Å². The summed E-state index contributed by atoms with van der Waals surface area (Å²) in [5.74, 6) is 0.117. The molecule has 0 radical (unpaired) electrons. The lowest BCUT2D eigenvalue weighted by Gasteiger charge is -2.28. The third-order valence-electron chi connectivity index (χ3n) is 2.71. The Morgan fingerprint density at radius 2 is 2.18 bits per heavy atom. The van der Waals surface area contributed by atoms with Crippen LogP contribution in [0.25, 0.3) is 0 Å². The zero-order valence-electron chi connectivity index (χ0n) is 10.6. The smallest absolute Gasteiger partial charge is 0.229 e. The van der Waals surface area contributed by atoms with Gasteiger partial charge in [0.2, 0.25) is 5.91 Å². The Balaban J connectivity index is 0.00000256. The van der Waals surface area contributed by atoms with Crippen LogP contribution in [0.3, 0.4) is 0 Å². The summed E-state index contributed by atoms with van der Waals surface area (Å²) in [5.41, 5.74) is 5.14. The first-order valence-corrected chi connectivity index (χ1v) is 6.33. The quantitative estimate of drug-likeness (QED) is 0.896. The minimum absolute atomic E-state index is 0. The van der Waals surface area contributed by atoms with Crippen molar-refractivity contribution in [2.75, 3.05) is 20.1 Å². The first kappa shape index (κ1) is 16.4. The van der Waals surface area contributed by atoms with Crippen molar-refractivity contribution in [1.82, 2.24) is 4.90 Å². The molecule has 98 valence electrons. The van der Waals surface area contributed by atoms with E-state index in [1.54, 1.807) is 16.2 Å². The molecule has 1 aromatic rings. The van der Waals surface area contributed by atoms with Gasteiger partial charge in [-0.25, -0.2) is 0 Å². The molecule has 1 amide bonds. The molecule has 17 heavy (non-hydrogen) atoms. The third kappa shape index (κ3) is 4.66. The highest BCUT2D eigenvalue weighted by Crippen LogP contribution is 2.17. The van der Waals surface area contributed by atoms with Gasteiger partial charge in [0.25, 0.3) is 0 Å². The third-order valence-corrected chi connectivity index (χ3v) is 3.65. The van der Waals surface area contributed by atoms with Gasteiger partial charge in [0.1, 0.15) is 0 Å². The lowest BCUT2D eigenvalue weighted by atomic mass is 9.92. The van der Waals surface area contributed by atoms with E-state index in [2.05, 4.69) is 11.4 Å². The van der Waals surface area contributed by atoms with Crippen molar-refractivity contribution in [3.05, 3.63) is 22.4 Å². The van der Waals surface area contributed by atoms with Crippen molar-refractivity contribution < 1.29 is 4.79 Å². The van der Waals surface area contributed by atoms with Crippen LogP contribution in [0.1, 0.15) is 18.7 Å². The maximum Gasteiger partial charge on any atom is 0.229 e. The second-order valence-corrected chi connectivity index (χ2v) is 5.68. The van der Waals surface area contributed by atoms with Gasteiger partial charge >= 0.3 is 0 Å². The van der Waals surface area contributed by atoms with Crippen molar-refractivity contribution in [2.45, 2.75) is 20.3 Å². The highest BCUT2D eigenvalue weighted by atomic mass is 35.5. The standard InChI is InChI=1S/C12H20N2OS.ClH/c1-12(2,9-13)11(15)14(3)7-6-10-5-4-8-16-10;/h4-5,8H,6-7,9,13H2,1-3H3;1H. The molecule has 0 saturated heterocycles. The molecule has 2 N–H and O–H groups in total. The fourth-order valence-corrected chi connectivity index (χ4v) is 2.14. The highest BCUT2D eigenvalue weighted by Gasteiger charge is 2.28. The van der Waals surface area contributed by atoms with Crippen molar-refractivity contribution in [3.8, 4) is 0 Å². The summed E-state index contributed by atoms with van der Waals surface area (Å²) < 4.78 is 0. The Morgan fingerprint density at radius 3 is 2.65 bits per heavy atom. The minimum atomic E-state index is -0.454. The van der Waals surface area contributed by atoms with Crippen LogP contribution in [0.5, 0.6) is 0 Å². The van der Waals surface area contributed by atoms with Crippen molar-refractivity contribution in [2.24, 2.45) is 11.1 Å². The van der Waals surface area contributed by atoms with E-state index in [9.17, 15) is 4.79 Å². The monoisotopic (exact) mass is 276 g/mol. The van der Waals surface area contributed by atoms with Crippen LogP contribution < -0.4 is 5.73 Å². The van der Waals surface area contributed by atoms with Gasteiger partial charge in [-0.15, -0.1) is 23.7 Å². The van der Waals surface area contributed by atoms with Crippen LogP contribution in [0.2, 0.25) is 0 Å².